The summed E-state index contributed by atoms with van der Waals surface area (Å²) in [6, 6.07) is 14.9. The second-order valence-corrected chi connectivity index (χ2v) is 9.23. The molecule has 1 aliphatic rings. The number of carbonyl (C=O) groups excluding carboxylic acids is 1. The lowest BCUT2D eigenvalue weighted by Gasteiger charge is -2.15. The molecule has 1 atom stereocenters. The maximum Gasteiger partial charge on any atom is 0.335 e. The Labute approximate surface area is 211 Å². The number of aromatic carboxylic acids is 1. The quantitative estimate of drug-likeness (QED) is 0.242. The molecule has 1 saturated carbocycles. The number of hydrogen-bond donors (Lipinski definition) is 3. The fraction of sp³-hybridized carbons (Fsp3) is 0.192. The van der Waals surface area contributed by atoms with E-state index >= 15 is 0 Å². The van der Waals surface area contributed by atoms with Crippen LogP contribution in [0.25, 0.3) is 16.8 Å². The summed E-state index contributed by atoms with van der Waals surface area (Å²) in [5, 5.41) is 27.6. The predicted octanol–water partition coefficient (Wildman–Crippen LogP) is 4.33. The lowest BCUT2D eigenvalue weighted by molar-refractivity contribution is -0.909. The molecule has 2 heterocycles. The smallest absolute Gasteiger partial charge is 0.335 e. The van der Waals surface area contributed by atoms with Gasteiger partial charge in [0.05, 0.1) is 16.8 Å². The van der Waals surface area contributed by atoms with Crippen LogP contribution in [-0.4, -0.2) is 37.0 Å². The van der Waals surface area contributed by atoms with Gasteiger partial charge in [0.25, 0.3) is 0 Å². The van der Waals surface area contributed by atoms with E-state index in [0.29, 0.717) is 34.3 Å². The van der Waals surface area contributed by atoms with Crippen LogP contribution in [0.15, 0.2) is 73.4 Å². The molecule has 1 amide bonds. The van der Waals surface area contributed by atoms with Crippen molar-refractivity contribution in [2.45, 2.75) is 25.2 Å². The van der Waals surface area contributed by atoms with Gasteiger partial charge in [-0.05, 0) is 60.9 Å². The molecule has 0 saturated heterocycles. The summed E-state index contributed by atoms with van der Waals surface area (Å²) >= 11 is 6.26. The Balaban J connectivity index is 1.45. The Morgan fingerprint density at radius 3 is 2.56 bits per heavy atom. The average Bonchev–Trinajstić information content (AvgIpc) is 3.52. The number of halogens is 1. The number of carboxylic acids is 1. The van der Waals surface area contributed by atoms with Gasteiger partial charge in [-0.15, -0.1) is 0 Å². The van der Waals surface area contributed by atoms with Gasteiger partial charge in [0.2, 0.25) is 17.8 Å². The zero-order valence-corrected chi connectivity index (χ0v) is 19.8. The van der Waals surface area contributed by atoms with Crippen LogP contribution in [0.2, 0.25) is 5.02 Å². The van der Waals surface area contributed by atoms with E-state index in [1.807, 2.05) is 12.1 Å². The Bertz CT molecular complexity index is 1420. The third-order valence-electron chi connectivity index (χ3n) is 6.23. The molecule has 2 aromatic heterocycles. The van der Waals surface area contributed by atoms with Crippen molar-refractivity contribution in [3.63, 3.8) is 0 Å². The minimum atomic E-state index is -1.03. The summed E-state index contributed by atoms with van der Waals surface area (Å²) in [6.45, 7) is 0. The second-order valence-electron chi connectivity index (χ2n) is 8.79. The Kier molecular flexibility index (Phi) is 6.39. The average molecular weight is 505 g/mol. The number of benzene rings is 2. The topological polar surface area (TPSA) is 121 Å². The maximum atomic E-state index is 13.3. The minimum Gasteiger partial charge on any atom is -0.478 e. The standard InChI is InChI=1S/C26H22ClN5O4/c27-19-6-10-23(31-15-28-14-29-31)21(12-19)18-5-9-24(32(36)13-18)22(11-16-1-2-16)25(33)30-20-7-3-17(4-8-20)26(34)35/h3-10,12-16,22H,1-2,11H2,(H2-,30,33,34,35,36)/p+1. The molecule has 182 valence electrons. The number of nitrogens with one attached hydrogen (secondary N) is 1. The highest BCUT2D eigenvalue weighted by molar-refractivity contribution is 6.31. The highest BCUT2D eigenvalue weighted by Crippen LogP contribution is 2.39. The van der Waals surface area contributed by atoms with Crippen molar-refractivity contribution < 1.29 is 24.6 Å². The maximum absolute atomic E-state index is 13.3. The first-order chi connectivity index (χ1) is 17.4. The summed E-state index contributed by atoms with van der Waals surface area (Å²) in [5.74, 6) is -1.48. The van der Waals surface area contributed by atoms with Crippen LogP contribution in [0.3, 0.4) is 0 Å². The predicted molar refractivity (Wildman–Crippen MR) is 131 cm³/mol. The van der Waals surface area contributed by atoms with E-state index in [1.54, 1.807) is 47.5 Å². The summed E-state index contributed by atoms with van der Waals surface area (Å²) in [5.41, 5.74) is 3.24. The Morgan fingerprint density at radius 1 is 1.14 bits per heavy atom. The molecule has 36 heavy (non-hydrogen) atoms. The van der Waals surface area contributed by atoms with E-state index in [1.165, 1.54) is 18.5 Å². The molecule has 2 aromatic carbocycles. The Morgan fingerprint density at radius 2 is 1.92 bits per heavy atom. The largest absolute Gasteiger partial charge is 0.478 e. The molecule has 0 radical (unpaired) electrons. The van der Waals surface area contributed by atoms with Crippen LogP contribution in [-0.2, 0) is 4.79 Å². The van der Waals surface area contributed by atoms with Crippen LogP contribution in [0.5, 0.6) is 0 Å². The van der Waals surface area contributed by atoms with E-state index < -0.39 is 11.9 Å². The van der Waals surface area contributed by atoms with Gasteiger partial charge in [-0.3, -0.25) is 10.0 Å². The molecular formula is C26H23ClN5O4+. The van der Waals surface area contributed by atoms with Crippen molar-refractivity contribution in [3.8, 4) is 16.8 Å². The van der Waals surface area contributed by atoms with Crippen molar-refractivity contribution in [3.05, 3.63) is 89.7 Å². The monoisotopic (exact) mass is 504 g/mol. The molecule has 9 nitrogen and oxygen atoms in total. The summed E-state index contributed by atoms with van der Waals surface area (Å²) in [4.78, 5) is 28.4. The molecule has 10 heteroatoms. The molecule has 0 spiro atoms. The summed E-state index contributed by atoms with van der Waals surface area (Å²) in [6.07, 6.45) is 7.25. The van der Waals surface area contributed by atoms with Gasteiger partial charge in [0.15, 0.2) is 0 Å². The minimum absolute atomic E-state index is 0.137. The van der Waals surface area contributed by atoms with Gasteiger partial charge in [-0.25, -0.2) is 14.5 Å². The van der Waals surface area contributed by atoms with E-state index in [-0.39, 0.29) is 11.5 Å². The number of pyridine rings is 1. The van der Waals surface area contributed by atoms with E-state index in [0.717, 1.165) is 28.8 Å². The molecule has 1 aliphatic carbocycles. The highest BCUT2D eigenvalue weighted by atomic mass is 35.5. The van der Waals surface area contributed by atoms with E-state index in [4.69, 9.17) is 16.7 Å². The normalized spacial score (nSPS) is 13.8. The first kappa shape index (κ1) is 23.5. The van der Waals surface area contributed by atoms with Gasteiger partial charge in [-0.1, -0.05) is 24.4 Å². The van der Waals surface area contributed by atoms with Gasteiger partial charge in [0, 0.05) is 27.1 Å². The number of hydrogen-bond acceptors (Lipinski definition) is 5. The first-order valence-electron chi connectivity index (χ1n) is 11.4. The van der Waals surface area contributed by atoms with Crippen LogP contribution < -0.4 is 10.0 Å². The van der Waals surface area contributed by atoms with Crippen LogP contribution in [0.1, 0.15) is 41.2 Å². The Hall–Kier alpha value is -4.24. The van der Waals surface area contributed by atoms with Crippen molar-refractivity contribution in [2.24, 2.45) is 5.92 Å². The molecule has 0 aliphatic heterocycles. The number of aromatic nitrogens is 4. The molecule has 3 N–H and O–H groups in total. The lowest BCUT2D eigenvalue weighted by Crippen LogP contribution is -2.39. The molecule has 1 unspecified atom stereocenters. The number of rotatable bonds is 8. The SMILES string of the molecule is O=C(O)c1ccc(NC(=O)C(CC2CC2)c2ccc(-c3cc(Cl)ccc3-n3cncn3)c[n+]2O)cc1. The molecule has 0 bridgehead atoms. The molecule has 4 aromatic rings. The van der Waals surface area contributed by atoms with E-state index in [2.05, 4.69) is 15.4 Å². The van der Waals surface area contributed by atoms with E-state index in [9.17, 15) is 14.8 Å². The first-order valence-corrected chi connectivity index (χ1v) is 11.8. The molecule has 1 fully saturated rings. The van der Waals surface area contributed by atoms with Crippen LogP contribution >= 0.6 is 11.6 Å². The summed E-state index contributed by atoms with van der Waals surface area (Å²) < 4.78 is 2.60. The number of carbonyl (C=O) groups is 2. The fourth-order valence-electron chi connectivity index (χ4n) is 4.18. The number of carboxylic acid groups (broad SMARTS) is 1. The summed E-state index contributed by atoms with van der Waals surface area (Å²) in [7, 11) is 0. The van der Waals surface area contributed by atoms with Gasteiger partial charge >= 0.3 is 5.97 Å². The van der Waals surface area contributed by atoms with Gasteiger partial charge < -0.3 is 10.4 Å². The van der Waals surface area contributed by atoms with Crippen LogP contribution in [0, 0.1) is 5.92 Å². The van der Waals surface area contributed by atoms with Gasteiger partial charge in [-0.2, -0.15) is 5.10 Å². The zero-order valence-electron chi connectivity index (χ0n) is 19.1. The number of amides is 1. The van der Waals surface area contributed by atoms with Crippen molar-refractivity contribution in [2.75, 3.05) is 5.32 Å². The van der Waals surface area contributed by atoms with Crippen LogP contribution in [0.4, 0.5) is 5.69 Å². The third kappa shape index (κ3) is 5.06. The van der Waals surface area contributed by atoms with Gasteiger partial charge in [0.1, 0.15) is 18.6 Å². The number of nitrogens with zero attached hydrogens (tertiary/aromatic N) is 4. The fourth-order valence-corrected chi connectivity index (χ4v) is 4.35. The van der Waals surface area contributed by atoms with Crippen molar-refractivity contribution in [1.82, 2.24) is 14.8 Å². The molecule has 5 rings (SSSR count). The lowest BCUT2D eigenvalue weighted by atomic mass is 9.95. The highest BCUT2D eigenvalue weighted by Gasteiger charge is 2.36. The molecular weight excluding hydrogens is 482 g/mol. The van der Waals surface area contributed by atoms with Crippen molar-refractivity contribution in [1.29, 1.82) is 0 Å². The van der Waals surface area contributed by atoms with Crippen molar-refractivity contribution >= 4 is 29.2 Å². The second kappa shape index (κ2) is 9.79. The third-order valence-corrected chi connectivity index (χ3v) is 6.47. The zero-order chi connectivity index (χ0) is 25.2. The number of anilines is 1.